The van der Waals surface area contributed by atoms with Crippen molar-refractivity contribution >= 4 is 11.9 Å². The molecule has 1 saturated heterocycles. The van der Waals surface area contributed by atoms with Crippen molar-refractivity contribution in [3.63, 3.8) is 0 Å². The molecule has 0 unspecified atom stereocenters. The molecule has 0 spiro atoms. The van der Waals surface area contributed by atoms with Crippen molar-refractivity contribution in [1.82, 2.24) is 4.90 Å². The van der Waals surface area contributed by atoms with Crippen LogP contribution in [0.4, 0.5) is 4.79 Å². The SMILES string of the molecule is CCC(=O)[C@@]1(C)CN(C(=O)OC(C)(C)C)C[C@@H]1C. The Hall–Kier alpha value is -1.06. The highest BCUT2D eigenvalue weighted by Crippen LogP contribution is 2.37. The molecule has 0 aromatic carbocycles. The lowest BCUT2D eigenvalue weighted by Gasteiger charge is -2.27. The fraction of sp³-hybridized carbons (Fsp3) is 0.857. The van der Waals surface area contributed by atoms with Gasteiger partial charge in [-0.1, -0.05) is 20.8 Å². The van der Waals surface area contributed by atoms with Gasteiger partial charge in [0.15, 0.2) is 0 Å². The zero-order valence-electron chi connectivity index (χ0n) is 12.4. The van der Waals surface area contributed by atoms with Gasteiger partial charge < -0.3 is 9.64 Å². The van der Waals surface area contributed by atoms with Gasteiger partial charge in [-0.25, -0.2) is 4.79 Å². The molecule has 0 saturated carbocycles. The van der Waals surface area contributed by atoms with Crippen LogP contribution in [0.5, 0.6) is 0 Å². The zero-order valence-corrected chi connectivity index (χ0v) is 12.4. The third kappa shape index (κ3) is 3.03. The Bertz CT molecular complexity index is 345. The summed E-state index contributed by atoms with van der Waals surface area (Å²) in [7, 11) is 0. The summed E-state index contributed by atoms with van der Waals surface area (Å²) < 4.78 is 5.35. The van der Waals surface area contributed by atoms with Crippen LogP contribution in [0.1, 0.15) is 48.0 Å². The molecule has 1 amide bonds. The van der Waals surface area contributed by atoms with E-state index in [2.05, 4.69) is 0 Å². The van der Waals surface area contributed by atoms with E-state index >= 15 is 0 Å². The van der Waals surface area contributed by atoms with Gasteiger partial charge >= 0.3 is 6.09 Å². The second-order valence-electron chi connectivity index (χ2n) is 6.46. The normalized spacial score (nSPS) is 28.3. The van der Waals surface area contributed by atoms with Gasteiger partial charge in [0.1, 0.15) is 11.4 Å². The van der Waals surface area contributed by atoms with Crippen molar-refractivity contribution in [3.8, 4) is 0 Å². The second kappa shape index (κ2) is 4.90. The summed E-state index contributed by atoms with van der Waals surface area (Å²) >= 11 is 0. The van der Waals surface area contributed by atoms with Gasteiger partial charge in [-0.05, 0) is 26.7 Å². The molecule has 1 aliphatic rings. The van der Waals surface area contributed by atoms with Crippen molar-refractivity contribution in [2.24, 2.45) is 11.3 Å². The molecule has 0 aromatic rings. The number of ether oxygens (including phenoxy) is 1. The summed E-state index contributed by atoms with van der Waals surface area (Å²) in [5.41, 5.74) is -0.917. The standard InChI is InChI=1S/C14H25NO3/c1-7-11(16)14(6)9-15(8-10(14)2)12(17)18-13(3,4)5/h10H,7-9H2,1-6H3/t10-,14-/m0/s1. The summed E-state index contributed by atoms with van der Waals surface area (Å²) in [4.78, 5) is 25.7. The van der Waals surface area contributed by atoms with E-state index in [9.17, 15) is 9.59 Å². The number of carbonyl (C=O) groups excluding carboxylic acids is 2. The maximum atomic E-state index is 12.0. The van der Waals surface area contributed by atoms with Crippen LogP contribution in [0.25, 0.3) is 0 Å². The van der Waals surface area contributed by atoms with Crippen LogP contribution in [0, 0.1) is 11.3 Å². The Morgan fingerprint density at radius 3 is 2.39 bits per heavy atom. The summed E-state index contributed by atoms with van der Waals surface area (Å²) in [5, 5.41) is 0. The number of hydrogen-bond donors (Lipinski definition) is 0. The Kier molecular flexibility index (Phi) is 4.08. The first-order valence-corrected chi connectivity index (χ1v) is 6.61. The molecule has 0 bridgehead atoms. The Morgan fingerprint density at radius 2 is 1.94 bits per heavy atom. The van der Waals surface area contributed by atoms with Crippen molar-refractivity contribution in [3.05, 3.63) is 0 Å². The molecule has 0 aliphatic carbocycles. The van der Waals surface area contributed by atoms with E-state index in [-0.39, 0.29) is 17.8 Å². The minimum atomic E-state index is -0.492. The fourth-order valence-electron chi connectivity index (χ4n) is 2.38. The number of hydrogen-bond acceptors (Lipinski definition) is 3. The molecule has 1 fully saturated rings. The van der Waals surface area contributed by atoms with Crippen LogP contribution in [0.3, 0.4) is 0 Å². The predicted molar refractivity (Wildman–Crippen MR) is 70.4 cm³/mol. The molecule has 2 atom stereocenters. The lowest BCUT2D eigenvalue weighted by atomic mass is 9.76. The smallest absolute Gasteiger partial charge is 0.410 e. The monoisotopic (exact) mass is 255 g/mol. The molecule has 1 aliphatic heterocycles. The Labute approximate surface area is 110 Å². The lowest BCUT2D eigenvalue weighted by molar-refractivity contribution is -0.128. The highest BCUT2D eigenvalue weighted by Gasteiger charge is 2.47. The van der Waals surface area contributed by atoms with Crippen LogP contribution in [0.15, 0.2) is 0 Å². The van der Waals surface area contributed by atoms with E-state index in [1.807, 2.05) is 41.5 Å². The number of Topliss-reactive ketones (excluding diaryl/α,β-unsaturated/α-hetero) is 1. The Balaban J connectivity index is 2.75. The zero-order chi connectivity index (χ0) is 14.1. The average Bonchev–Trinajstić information content (AvgIpc) is 2.53. The first-order valence-electron chi connectivity index (χ1n) is 6.61. The maximum Gasteiger partial charge on any atom is 0.410 e. The topological polar surface area (TPSA) is 46.6 Å². The van der Waals surface area contributed by atoms with E-state index in [0.29, 0.717) is 19.5 Å². The summed E-state index contributed by atoms with van der Waals surface area (Å²) in [6.07, 6.45) is 0.199. The van der Waals surface area contributed by atoms with Crippen LogP contribution in [-0.4, -0.2) is 35.5 Å². The Morgan fingerprint density at radius 1 is 1.39 bits per heavy atom. The molecule has 4 nitrogen and oxygen atoms in total. The number of carbonyl (C=O) groups is 2. The van der Waals surface area contributed by atoms with E-state index in [1.165, 1.54) is 0 Å². The minimum absolute atomic E-state index is 0.178. The van der Waals surface area contributed by atoms with Gasteiger partial charge in [0.2, 0.25) is 0 Å². The van der Waals surface area contributed by atoms with Gasteiger partial charge in [-0.2, -0.15) is 0 Å². The molecule has 0 N–H and O–H groups in total. The molecule has 0 aromatic heterocycles. The molecule has 104 valence electrons. The van der Waals surface area contributed by atoms with Crippen molar-refractivity contribution in [2.75, 3.05) is 13.1 Å². The van der Waals surface area contributed by atoms with E-state index in [1.54, 1.807) is 4.90 Å². The molecule has 1 rings (SSSR count). The van der Waals surface area contributed by atoms with Crippen LogP contribution in [-0.2, 0) is 9.53 Å². The molecule has 4 heteroatoms. The number of nitrogens with zero attached hydrogens (tertiary/aromatic N) is 1. The first kappa shape index (κ1) is 15.0. The largest absolute Gasteiger partial charge is 0.444 e. The highest BCUT2D eigenvalue weighted by atomic mass is 16.6. The van der Waals surface area contributed by atoms with Crippen LogP contribution < -0.4 is 0 Å². The van der Waals surface area contributed by atoms with Gasteiger partial charge in [-0.3, -0.25) is 4.79 Å². The summed E-state index contributed by atoms with van der Waals surface area (Å²) in [6, 6.07) is 0. The molecular weight excluding hydrogens is 230 g/mol. The number of likely N-dealkylation sites (tertiary alicyclic amines) is 1. The number of amides is 1. The molecule has 18 heavy (non-hydrogen) atoms. The minimum Gasteiger partial charge on any atom is -0.444 e. The number of ketones is 1. The maximum absolute atomic E-state index is 12.0. The quantitative estimate of drug-likeness (QED) is 0.762. The van der Waals surface area contributed by atoms with Gasteiger partial charge in [0.05, 0.1) is 0 Å². The van der Waals surface area contributed by atoms with Gasteiger partial charge in [0, 0.05) is 24.9 Å². The molecule has 1 heterocycles. The van der Waals surface area contributed by atoms with Crippen LogP contribution >= 0.6 is 0 Å². The summed E-state index contributed by atoms with van der Waals surface area (Å²) in [6.45, 7) is 12.5. The van der Waals surface area contributed by atoms with E-state index in [4.69, 9.17) is 4.74 Å². The van der Waals surface area contributed by atoms with E-state index in [0.717, 1.165) is 0 Å². The average molecular weight is 255 g/mol. The number of rotatable bonds is 2. The molecular formula is C14H25NO3. The van der Waals surface area contributed by atoms with Crippen LogP contribution in [0.2, 0.25) is 0 Å². The van der Waals surface area contributed by atoms with Gasteiger partial charge in [0.25, 0.3) is 0 Å². The van der Waals surface area contributed by atoms with Crippen molar-refractivity contribution in [2.45, 2.75) is 53.6 Å². The summed E-state index contributed by atoms with van der Waals surface area (Å²) in [5.74, 6) is 0.401. The fourth-order valence-corrected chi connectivity index (χ4v) is 2.38. The third-order valence-electron chi connectivity index (χ3n) is 3.71. The van der Waals surface area contributed by atoms with E-state index < -0.39 is 11.0 Å². The second-order valence-corrected chi connectivity index (χ2v) is 6.46. The molecule has 0 radical (unpaired) electrons. The third-order valence-corrected chi connectivity index (χ3v) is 3.71. The first-order chi connectivity index (χ1) is 8.10. The van der Waals surface area contributed by atoms with Crippen molar-refractivity contribution < 1.29 is 14.3 Å². The highest BCUT2D eigenvalue weighted by molar-refractivity contribution is 5.86. The lowest BCUT2D eigenvalue weighted by Crippen LogP contribution is -2.38. The predicted octanol–water partition coefficient (Wildman–Crippen LogP) is 2.86. The van der Waals surface area contributed by atoms with Crippen molar-refractivity contribution in [1.29, 1.82) is 0 Å². The van der Waals surface area contributed by atoms with Gasteiger partial charge in [-0.15, -0.1) is 0 Å².